The van der Waals surface area contributed by atoms with Crippen LogP contribution in [-0.2, 0) is 26.4 Å². The van der Waals surface area contributed by atoms with Crippen LogP contribution in [-0.4, -0.2) is 35.5 Å². The summed E-state index contributed by atoms with van der Waals surface area (Å²) in [4.78, 5) is 24.7. The molecule has 0 atom stereocenters. The van der Waals surface area contributed by atoms with Gasteiger partial charge in [0.2, 0.25) is 15.9 Å². The fourth-order valence-electron chi connectivity index (χ4n) is 2.55. The molecule has 0 fully saturated rings. The monoisotopic (exact) mass is 485 g/mol. The van der Waals surface area contributed by atoms with Crippen LogP contribution < -0.4 is 10.0 Å². The molecule has 0 saturated heterocycles. The van der Waals surface area contributed by atoms with Crippen LogP contribution in [0.4, 0.5) is 24.1 Å². The highest BCUT2D eigenvalue weighted by Gasteiger charge is 2.33. The van der Waals surface area contributed by atoms with Crippen molar-refractivity contribution in [3.05, 3.63) is 53.4 Å². The van der Waals surface area contributed by atoms with E-state index in [1.54, 1.807) is 19.2 Å². The maximum atomic E-state index is 12.9. The molecule has 3 heterocycles. The average molecular weight is 486 g/mol. The van der Waals surface area contributed by atoms with Gasteiger partial charge in [0, 0.05) is 35.1 Å². The molecule has 0 spiro atoms. The number of thiazole rings is 1. The SMILES string of the molecule is CC(C)(C(=O)Nc1ccc(-c2cncc(C(F)(F)F)c2)cn1)c1csc(NS(C)(=O)=O)n1. The molecule has 170 valence electrons. The lowest BCUT2D eigenvalue weighted by atomic mass is 9.89. The molecule has 0 bridgehead atoms. The molecule has 2 N–H and O–H groups in total. The van der Waals surface area contributed by atoms with E-state index in [4.69, 9.17) is 0 Å². The first-order valence-corrected chi connectivity index (χ1v) is 11.8. The van der Waals surface area contributed by atoms with Gasteiger partial charge in [0.05, 0.1) is 22.9 Å². The maximum absolute atomic E-state index is 12.9. The van der Waals surface area contributed by atoms with Crippen molar-refractivity contribution in [2.45, 2.75) is 25.4 Å². The Labute approximate surface area is 186 Å². The van der Waals surface area contributed by atoms with Crippen LogP contribution in [0.15, 0.2) is 42.2 Å². The Morgan fingerprint density at radius 3 is 2.41 bits per heavy atom. The second-order valence-electron chi connectivity index (χ2n) is 7.38. The van der Waals surface area contributed by atoms with Gasteiger partial charge < -0.3 is 5.32 Å². The van der Waals surface area contributed by atoms with Crippen molar-refractivity contribution in [1.29, 1.82) is 0 Å². The van der Waals surface area contributed by atoms with Crippen molar-refractivity contribution < 1.29 is 26.4 Å². The summed E-state index contributed by atoms with van der Waals surface area (Å²) in [5, 5.41) is 4.35. The van der Waals surface area contributed by atoms with Crippen molar-refractivity contribution in [2.24, 2.45) is 0 Å². The average Bonchev–Trinajstić information content (AvgIpc) is 3.15. The zero-order valence-electron chi connectivity index (χ0n) is 17.1. The molecule has 0 unspecified atom stereocenters. The van der Waals surface area contributed by atoms with Gasteiger partial charge in [-0.2, -0.15) is 13.2 Å². The smallest absolute Gasteiger partial charge is 0.310 e. The van der Waals surface area contributed by atoms with E-state index in [0.717, 1.165) is 29.9 Å². The number of amides is 1. The summed E-state index contributed by atoms with van der Waals surface area (Å²) in [6.45, 7) is 3.23. The Hall–Kier alpha value is -3.06. The third kappa shape index (κ3) is 5.59. The molecular formula is C19H18F3N5O3S2. The predicted molar refractivity (Wildman–Crippen MR) is 115 cm³/mol. The van der Waals surface area contributed by atoms with Gasteiger partial charge in [-0.05, 0) is 32.0 Å². The van der Waals surface area contributed by atoms with Crippen molar-refractivity contribution in [3.8, 4) is 11.1 Å². The molecule has 1 amide bonds. The second-order valence-corrected chi connectivity index (χ2v) is 9.99. The van der Waals surface area contributed by atoms with Gasteiger partial charge in [-0.3, -0.25) is 14.5 Å². The van der Waals surface area contributed by atoms with Crippen molar-refractivity contribution >= 4 is 38.2 Å². The molecule has 0 aliphatic carbocycles. The summed E-state index contributed by atoms with van der Waals surface area (Å²) >= 11 is 1.05. The number of pyridine rings is 2. The van der Waals surface area contributed by atoms with E-state index in [0.29, 0.717) is 11.3 Å². The molecule has 0 saturated carbocycles. The Morgan fingerprint density at radius 1 is 1.09 bits per heavy atom. The highest BCUT2D eigenvalue weighted by molar-refractivity contribution is 7.92. The summed E-state index contributed by atoms with van der Waals surface area (Å²) in [7, 11) is -3.50. The largest absolute Gasteiger partial charge is 0.417 e. The van der Waals surface area contributed by atoms with Crippen molar-refractivity contribution in [3.63, 3.8) is 0 Å². The number of alkyl halides is 3. The van der Waals surface area contributed by atoms with Gasteiger partial charge in [-0.1, -0.05) is 0 Å². The Bertz CT molecular complexity index is 1240. The minimum atomic E-state index is -4.51. The van der Waals surface area contributed by atoms with Gasteiger partial charge >= 0.3 is 6.18 Å². The summed E-state index contributed by atoms with van der Waals surface area (Å²) in [6.07, 6.45) is -0.156. The quantitative estimate of drug-likeness (QED) is 0.547. The number of hydrogen-bond donors (Lipinski definition) is 2. The fourth-order valence-corrected chi connectivity index (χ4v) is 4.28. The Kier molecular flexibility index (Phi) is 6.24. The number of carbonyl (C=O) groups excluding carboxylic acids is 1. The van der Waals surface area contributed by atoms with Crippen LogP contribution >= 0.6 is 11.3 Å². The second kappa shape index (κ2) is 8.47. The number of hydrogen-bond acceptors (Lipinski definition) is 7. The highest BCUT2D eigenvalue weighted by Crippen LogP contribution is 2.32. The van der Waals surface area contributed by atoms with E-state index in [1.807, 2.05) is 0 Å². The molecule has 8 nitrogen and oxygen atoms in total. The minimum absolute atomic E-state index is 0.139. The van der Waals surface area contributed by atoms with E-state index in [9.17, 15) is 26.4 Å². The number of carbonyl (C=O) groups is 1. The highest BCUT2D eigenvalue weighted by atomic mass is 32.2. The normalized spacial score (nSPS) is 12.4. The molecular weight excluding hydrogens is 467 g/mol. The first-order valence-electron chi connectivity index (χ1n) is 8.99. The number of nitrogens with zero attached hydrogens (tertiary/aromatic N) is 3. The molecule has 0 radical (unpaired) electrons. The lowest BCUT2D eigenvalue weighted by molar-refractivity contribution is -0.137. The zero-order chi connectivity index (χ0) is 23.7. The number of nitrogens with one attached hydrogen (secondary N) is 2. The van der Waals surface area contributed by atoms with E-state index in [2.05, 4.69) is 25.0 Å². The fraction of sp³-hybridized carbons (Fsp3) is 0.263. The Morgan fingerprint density at radius 2 is 1.81 bits per heavy atom. The number of rotatable bonds is 6. The van der Waals surface area contributed by atoms with E-state index >= 15 is 0 Å². The standard InChI is InChI=1S/C19H18F3N5O3S2/c1-18(2,14-10-31-17(25-14)27-32(3,29)30)16(28)26-15-5-4-11(8-24-15)12-6-13(9-23-7-12)19(20,21)22/h4-10H,1-3H3,(H,25,27)(H,24,26,28). The molecule has 3 rings (SSSR count). The van der Waals surface area contributed by atoms with E-state index in [1.165, 1.54) is 24.5 Å². The first-order chi connectivity index (χ1) is 14.8. The maximum Gasteiger partial charge on any atom is 0.417 e. The van der Waals surface area contributed by atoms with Crippen LogP contribution in [0.5, 0.6) is 0 Å². The van der Waals surface area contributed by atoms with Crippen molar-refractivity contribution in [2.75, 3.05) is 16.3 Å². The summed E-state index contributed by atoms with van der Waals surface area (Å²) in [5.74, 6) is -0.258. The van der Waals surface area contributed by atoms with Gasteiger partial charge in [0.1, 0.15) is 5.82 Å². The first kappa shape index (κ1) is 23.6. The lowest BCUT2D eigenvalue weighted by Gasteiger charge is -2.21. The number of sulfonamides is 1. The van der Waals surface area contributed by atoms with Crippen LogP contribution in [0.1, 0.15) is 25.1 Å². The number of halogens is 3. The van der Waals surface area contributed by atoms with Crippen LogP contribution in [0, 0.1) is 0 Å². The summed E-state index contributed by atoms with van der Waals surface area (Å²) < 4.78 is 63.6. The summed E-state index contributed by atoms with van der Waals surface area (Å²) in [6, 6.07) is 3.95. The molecule has 3 aromatic rings. The Balaban J connectivity index is 1.74. The number of aromatic nitrogens is 3. The van der Waals surface area contributed by atoms with Gasteiger partial charge in [0.15, 0.2) is 5.13 Å². The molecule has 0 aliphatic heterocycles. The molecule has 3 aromatic heterocycles. The van der Waals surface area contributed by atoms with Crippen LogP contribution in [0.2, 0.25) is 0 Å². The number of anilines is 2. The predicted octanol–water partition coefficient (Wildman–Crippen LogP) is 3.91. The van der Waals surface area contributed by atoms with E-state index in [-0.39, 0.29) is 16.5 Å². The summed E-state index contributed by atoms with van der Waals surface area (Å²) in [5.41, 5.74) is -0.991. The third-order valence-corrected chi connectivity index (χ3v) is 5.84. The molecule has 13 heteroatoms. The lowest BCUT2D eigenvalue weighted by Crippen LogP contribution is -2.35. The van der Waals surface area contributed by atoms with Gasteiger partial charge in [-0.15, -0.1) is 11.3 Å². The minimum Gasteiger partial charge on any atom is -0.310 e. The molecule has 32 heavy (non-hydrogen) atoms. The van der Waals surface area contributed by atoms with Gasteiger partial charge in [0.25, 0.3) is 0 Å². The van der Waals surface area contributed by atoms with Crippen LogP contribution in [0.25, 0.3) is 11.1 Å². The van der Waals surface area contributed by atoms with E-state index < -0.39 is 33.1 Å². The van der Waals surface area contributed by atoms with Crippen LogP contribution in [0.3, 0.4) is 0 Å². The topological polar surface area (TPSA) is 114 Å². The molecule has 0 aromatic carbocycles. The third-order valence-electron chi connectivity index (χ3n) is 4.39. The zero-order valence-corrected chi connectivity index (χ0v) is 18.7. The van der Waals surface area contributed by atoms with Gasteiger partial charge in [-0.25, -0.2) is 18.4 Å². The van der Waals surface area contributed by atoms with Crippen molar-refractivity contribution in [1.82, 2.24) is 15.0 Å². The molecule has 0 aliphatic rings.